The van der Waals surface area contributed by atoms with Gasteiger partial charge in [0.25, 0.3) is 6.47 Å². The van der Waals surface area contributed by atoms with Gasteiger partial charge in [0.15, 0.2) is 0 Å². The molecule has 2 fully saturated rings. The van der Waals surface area contributed by atoms with Gasteiger partial charge in [-0.2, -0.15) is 0 Å². The Bertz CT molecular complexity index is 281. The fourth-order valence-corrected chi connectivity index (χ4v) is 1.57. The van der Waals surface area contributed by atoms with E-state index in [4.69, 9.17) is 10.1 Å². The average molecular weight is 320 g/mol. The van der Waals surface area contributed by atoms with Gasteiger partial charge in [-0.05, 0) is 7.05 Å². The first-order valence-electron chi connectivity index (χ1n) is 6.25. The molecule has 0 spiro atoms. The molecule has 2 aliphatic heterocycles. The summed E-state index contributed by atoms with van der Waals surface area (Å²) in [5, 5.41) is 11.5. The van der Waals surface area contributed by atoms with Crippen LogP contribution in [-0.2, 0) is 19.3 Å². The SMILES string of the molecule is CN1CCC(=O)CC1.O=C1CCNCC1.O=CO[O-].[H-].[Na+].[Na+]. The number of carbonyl (C=O) groups is 3. The van der Waals surface area contributed by atoms with Gasteiger partial charge in [-0.25, -0.2) is 0 Å². The van der Waals surface area contributed by atoms with Gasteiger partial charge in [0.05, 0.1) is 0 Å². The van der Waals surface area contributed by atoms with Crippen molar-refractivity contribution in [1.82, 2.24) is 10.2 Å². The zero-order valence-electron chi connectivity index (χ0n) is 14.2. The normalized spacial score (nSPS) is 17.6. The molecule has 2 saturated heterocycles. The number of Topliss-reactive ketones (excluding diaryl/α,β-unsaturated/α-hetero) is 2. The third kappa shape index (κ3) is 18.6. The standard InChI is InChI=1S/C6H11NO.C5H9NO.CH2O3.2Na.H/c1-7-4-2-6(8)3-5-7;7-5-1-3-6-4-2-5;2-1-4-3;;;/h2-5H2,1H3;6H,1-4H2;1,3H;;;/q;;;2*+1;-1/p-1. The van der Waals surface area contributed by atoms with Crippen LogP contribution in [0.5, 0.6) is 0 Å². The molecule has 0 amide bonds. The van der Waals surface area contributed by atoms with E-state index >= 15 is 0 Å². The minimum absolute atomic E-state index is 0. The predicted octanol–water partition coefficient (Wildman–Crippen LogP) is -7.22. The molecular weight excluding hydrogens is 298 g/mol. The molecule has 1 N–H and O–H groups in total. The average Bonchev–Trinajstić information content (AvgIpc) is 2.44. The van der Waals surface area contributed by atoms with Crippen molar-refractivity contribution in [1.29, 1.82) is 0 Å². The number of rotatable bonds is 1. The first kappa shape index (κ1) is 26.6. The minimum Gasteiger partial charge on any atom is -1.00 e. The molecule has 0 unspecified atom stereocenters. The van der Waals surface area contributed by atoms with Crippen molar-refractivity contribution in [3.63, 3.8) is 0 Å². The summed E-state index contributed by atoms with van der Waals surface area (Å²) in [6.45, 7) is 3.51. The summed E-state index contributed by atoms with van der Waals surface area (Å²) >= 11 is 0. The van der Waals surface area contributed by atoms with Gasteiger partial charge in [-0.3, -0.25) is 14.4 Å². The summed E-state index contributed by atoms with van der Waals surface area (Å²) in [5.41, 5.74) is 0. The molecule has 0 bridgehead atoms. The Morgan fingerprint density at radius 1 is 1.10 bits per heavy atom. The first-order chi connectivity index (χ1) is 9.10. The minimum atomic E-state index is -0.181. The van der Waals surface area contributed by atoms with E-state index in [1.807, 2.05) is 7.05 Å². The van der Waals surface area contributed by atoms with E-state index in [-0.39, 0.29) is 67.0 Å². The zero-order valence-corrected chi connectivity index (χ0v) is 17.2. The van der Waals surface area contributed by atoms with Crippen LogP contribution in [0, 0.1) is 0 Å². The van der Waals surface area contributed by atoms with Crippen molar-refractivity contribution in [3.8, 4) is 0 Å². The van der Waals surface area contributed by atoms with E-state index in [2.05, 4.69) is 15.1 Å². The summed E-state index contributed by atoms with van der Waals surface area (Å²) < 4.78 is 0. The van der Waals surface area contributed by atoms with Crippen molar-refractivity contribution < 1.29 is 85.1 Å². The molecule has 0 atom stereocenters. The van der Waals surface area contributed by atoms with Crippen LogP contribution in [-0.4, -0.2) is 56.2 Å². The Morgan fingerprint density at radius 2 is 1.48 bits per heavy atom. The molecule has 7 nitrogen and oxygen atoms in total. The number of nitrogens with zero attached hydrogens (tertiary/aromatic N) is 1. The van der Waals surface area contributed by atoms with Gasteiger partial charge in [-0.15, -0.1) is 0 Å². The number of hydrogen-bond acceptors (Lipinski definition) is 7. The van der Waals surface area contributed by atoms with Crippen molar-refractivity contribution in [3.05, 3.63) is 0 Å². The molecule has 0 aliphatic carbocycles. The molecule has 2 aliphatic rings. The van der Waals surface area contributed by atoms with Crippen LogP contribution >= 0.6 is 0 Å². The van der Waals surface area contributed by atoms with E-state index in [0.29, 0.717) is 11.6 Å². The summed E-state index contributed by atoms with van der Waals surface area (Å²) in [5.74, 6) is 0.821. The van der Waals surface area contributed by atoms with Crippen molar-refractivity contribution >= 4 is 18.0 Å². The Labute approximate surface area is 171 Å². The molecule has 9 heteroatoms. The van der Waals surface area contributed by atoms with Crippen LogP contribution in [0.3, 0.4) is 0 Å². The maximum Gasteiger partial charge on any atom is 1.00 e. The molecule has 2 rings (SSSR count). The number of piperidine rings is 2. The molecule has 2 heterocycles. The van der Waals surface area contributed by atoms with Gasteiger partial charge >= 0.3 is 59.1 Å². The molecule has 0 aromatic carbocycles. The molecule has 0 saturated carbocycles. The molecule has 0 aromatic heterocycles. The summed E-state index contributed by atoms with van der Waals surface area (Å²) in [7, 11) is 2.05. The molecular formula is C12H22N2Na2O5. The second kappa shape index (κ2) is 18.7. The Balaban J connectivity index is -0.000000108. The Kier molecular flexibility index (Phi) is 23.7. The second-order valence-electron chi connectivity index (χ2n) is 4.32. The van der Waals surface area contributed by atoms with Gasteiger partial charge in [0.2, 0.25) is 0 Å². The summed E-state index contributed by atoms with van der Waals surface area (Å²) in [6, 6.07) is 0. The zero-order chi connectivity index (χ0) is 14.5. The van der Waals surface area contributed by atoms with Crippen LogP contribution in [0.4, 0.5) is 0 Å². The van der Waals surface area contributed by atoms with Crippen LogP contribution in [0.25, 0.3) is 0 Å². The third-order valence-electron chi connectivity index (χ3n) is 2.75. The van der Waals surface area contributed by atoms with Crippen LogP contribution in [0.15, 0.2) is 0 Å². The van der Waals surface area contributed by atoms with Crippen molar-refractivity contribution in [2.45, 2.75) is 25.7 Å². The third-order valence-corrected chi connectivity index (χ3v) is 2.75. The van der Waals surface area contributed by atoms with Gasteiger partial charge in [0, 0.05) is 51.9 Å². The summed E-state index contributed by atoms with van der Waals surface area (Å²) in [4.78, 5) is 34.4. The number of carbonyl (C=O) groups excluding carboxylic acids is 3. The van der Waals surface area contributed by atoms with Crippen LogP contribution < -0.4 is 69.7 Å². The van der Waals surface area contributed by atoms with E-state index in [1.165, 1.54) is 0 Å². The molecule has 0 radical (unpaired) electrons. The largest absolute Gasteiger partial charge is 1.00 e. The van der Waals surface area contributed by atoms with Crippen LogP contribution in [0.1, 0.15) is 27.1 Å². The second-order valence-corrected chi connectivity index (χ2v) is 4.32. The number of ketones is 2. The fourth-order valence-electron chi connectivity index (χ4n) is 1.57. The van der Waals surface area contributed by atoms with Crippen molar-refractivity contribution in [2.75, 3.05) is 33.2 Å². The summed E-state index contributed by atoms with van der Waals surface area (Å²) in [6.07, 6.45) is 2.99. The quantitative estimate of drug-likeness (QED) is 0.222. The smallest absolute Gasteiger partial charge is 1.00 e. The number of hydrogen-bond donors (Lipinski definition) is 1. The maximum absolute atomic E-state index is 10.6. The van der Waals surface area contributed by atoms with Gasteiger partial charge in [0.1, 0.15) is 11.6 Å². The fraction of sp³-hybridized carbons (Fsp3) is 0.750. The molecule has 112 valence electrons. The topological polar surface area (TPSA) is 98.8 Å². The van der Waals surface area contributed by atoms with Crippen molar-refractivity contribution in [2.24, 2.45) is 0 Å². The van der Waals surface area contributed by atoms with E-state index in [9.17, 15) is 9.59 Å². The maximum atomic E-state index is 10.6. The van der Waals surface area contributed by atoms with E-state index in [1.54, 1.807) is 0 Å². The van der Waals surface area contributed by atoms with E-state index in [0.717, 1.165) is 51.9 Å². The van der Waals surface area contributed by atoms with E-state index < -0.39 is 0 Å². The Morgan fingerprint density at radius 3 is 1.71 bits per heavy atom. The van der Waals surface area contributed by atoms with Gasteiger partial charge < -0.3 is 21.8 Å². The number of nitrogens with one attached hydrogen (secondary N) is 1. The monoisotopic (exact) mass is 320 g/mol. The number of likely N-dealkylation sites (tertiary alicyclic amines) is 1. The predicted molar refractivity (Wildman–Crippen MR) is 67.1 cm³/mol. The molecule has 21 heavy (non-hydrogen) atoms. The van der Waals surface area contributed by atoms with Gasteiger partial charge in [-0.1, -0.05) is 0 Å². The first-order valence-corrected chi connectivity index (χ1v) is 6.25. The molecule has 0 aromatic rings. The Hall–Kier alpha value is 0.690. The van der Waals surface area contributed by atoms with Crippen LogP contribution in [0.2, 0.25) is 0 Å².